The maximum atomic E-state index is 14.6. The summed E-state index contributed by atoms with van der Waals surface area (Å²) in [6.07, 6.45) is 5.44. The minimum atomic E-state index is -1.37. The molecule has 0 aliphatic rings. The molecule has 0 aromatic heterocycles. The lowest BCUT2D eigenvalue weighted by Crippen LogP contribution is -2.60. The number of carbonyl (C=O) groups is 17. The van der Waals surface area contributed by atoms with Gasteiger partial charge in [0.05, 0.1) is 6.04 Å². The predicted octanol–water partition coefficient (Wildman–Crippen LogP) is -2.08. The van der Waals surface area contributed by atoms with Gasteiger partial charge in [0, 0.05) is 0 Å². The van der Waals surface area contributed by atoms with E-state index in [-0.39, 0.29) is 139 Å². The summed E-state index contributed by atoms with van der Waals surface area (Å²) in [5, 5.41) is 52.4. The third-order valence-electron chi connectivity index (χ3n) is 20.9. The molecule has 0 unspecified atom stereocenters. The number of hydrogen-bond donors (Lipinski definition) is 24. The van der Waals surface area contributed by atoms with E-state index in [9.17, 15) is 86.6 Å². The molecule has 127 heavy (non-hydrogen) atoms. The molecule has 0 fully saturated rings. The number of carboxylic acids is 1. The fourth-order valence-electron chi connectivity index (χ4n) is 13.4. The van der Waals surface area contributed by atoms with Crippen molar-refractivity contribution in [2.24, 2.45) is 75.6 Å². The van der Waals surface area contributed by atoms with E-state index in [1.807, 2.05) is 0 Å². The van der Waals surface area contributed by atoms with E-state index >= 15 is 0 Å². The molecule has 0 radical (unpaired) electrons. The number of rotatable bonds is 68. The van der Waals surface area contributed by atoms with E-state index in [1.165, 1.54) is 34.6 Å². The Hall–Kier alpha value is -9.29. The predicted molar refractivity (Wildman–Crippen MR) is 484 cm³/mol. The fraction of sp³-hybridized carbons (Fsp3) is 0.802. The Morgan fingerprint density at radius 1 is 0.197 bits per heavy atom. The summed E-state index contributed by atoms with van der Waals surface area (Å²) in [5.41, 5.74) is 41.0. The first-order valence-corrected chi connectivity index (χ1v) is 45.7. The molecule has 0 aliphatic heterocycles. The third kappa shape index (κ3) is 49.2. The van der Waals surface area contributed by atoms with Crippen molar-refractivity contribution in [2.75, 3.05) is 39.3 Å². The molecular formula is C86H163N23O18. The zero-order valence-electron chi connectivity index (χ0n) is 78.7. The van der Waals surface area contributed by atoms with Crippen LogP contribution < -0.4 is 125 Å². The van der Waals surface area contributed by atoms with Gasteiger partial charge in [0.15, 0.2) is 0 Å². The highest BCUT2D eigenvalue weighted by molar-refractivity contribution is 6.01. The van der Waals surface area contributed by atoms with Gasteiger partial charge in [-0.25, -0.2) is 4.79 Å². The van der Waals surface area contributed by atoms with Crippen molar-refractivity contribution in [3.8, 4) is 0 Å². The van der Waals surface area contributed by atoms with Crippen LogP contribution in [0.15, 0.2) is 0 Å². The van der Waals surface area contributed by atoms with E-state index in [0.717, 1.165) is 0 Å². The molecule has 0 aliphatic carbocycles. The first kappa shape index (κ1) is 118. The zero-order chi connectivity index (χ0) is 96.9. The maximum absolute atomic E-state index is 14.6. The third-order valence-corrected chi connectivity index (χ3v) is 20.9. The van der Waals surface area contributed by atoms with Crippen LogP contribution in [0.1, 0.15) is 265 Å². The Labute approximate surface area is 751 Å². The Kier molecular flexibility index (Phi) is 59.7. The molecule has 730 valence electrons. The van der Waals surface area contributed by atoms with Crippen molar-refractivity contribution >= 4 is 100 Å². The molecule has 16 amide bonds. The van der Waals surface area contributed by atoms with Gasteiger partial charge in [-0.3, -0.25) is 76.7 Å². The zero-order valence-corrected chi connectivity index (χ0v) is 78.7. The lowest BCUT2D eigenvalue weighted by atomic mass is 10.0. The molecule has 0 saturated heterocycles. The Morgan fingerprint density at radius 3 is 0.496 bits per heavy atom. The Morgan fingerprint density at radius 2 is 0.339 bits per heavy atom. The minimum Gasteiger partial charge on any atom is -0.480 e. The van der Waals surface area contributed by atoms with Gasteiger partial charge < -0.3 is 130 Å². The van der Waals surface area contributed by atoms with Crippen LogP contribution in [0, 0.1) is 35.5 Å². The van der Waals surface area contributed by atoms with E-state index in [0.29, 0.717) is 83.6 Å². The van der Waals surface area contributed by atoms with Gasteiger partial charge in [0.25, 0.3) is 0 Å². The summed E-state index contributed by atoms with van der Waals surface area (Å²) in [6.45, 7) is 29.8. The second kappa shape index (κ2) is 64.4. The highest BCUT2D eigenvalue weighted by Crippen LogP contribution is 2.17. The lowest BCUT2D eigenvalue weighted by molar-refractivity contribution is -0.142. The second-order valence-electron chi connectivity index (χ2n) is 35.8. The summed E-state index contributed by atoms with van der Waals surface area (Å²) < 4.78 is 0. The molecular weight excluding hydrogens is 1640 g/mol. The summed E-state index contributed by atoms with van der Waals surface area (Å²) >= 11 is 0. The molecule has 17 atom stereocenters. The maximum Gasteiger partial charge on any atom is 0.326 e. The molecule has 0 rings (SSSR count). The first-order chi connectivity index (χ1) is 59.6. The number of amides is 16. The van der Waals surface area contributed by atoms with Crippen LogP contribution in [0.5, 0.6) is 0 Å². The summed E-state index contributed by atoms with van der Waals surface area (Å²) in [7, 11) is 0. The Balaban J connectivity index is 6.89. The molecule has 0 saturated carbocycles. The van der Waals surface area contributed by atoms with Crippen LogP contribution in [0.4, 0.5) is 0 Å². The van der Waals surface area contributed by atoms with Gasteiger partial charge in [0.1, 0.15) is 96.7 Å². The van der Waals surface area contributed by atoms with E-state index < -0.39 is 203 Å². The molecule has 0 aromatic rings. The number of aliphatic carboxylic acids is 1. The summed E-state index contributed by atoms with van der Waals surface area (Å²) in [5.74, 6) is -14.6. The number of carbonyl (C=O) groups excluding carboxylic acids is 16. The van der Waals surface area contributed by atoms with Gasteiger partial charge in [0.2, 0.25) is 94.5 Å². The van der Waals surface area contributed by atoms with Crippen LogP contribution in [-0.4, -0.2) is 248 Å². The standard InChI is InChI=1S/C86H163N23O18/c1-47(2)42-64(105-77(117)60(32-20-26-38-89)101-71(111)54(14)95-83(123)67(45-50(7)8)108-80(120)63(35-23-29-41-92)104-76(116)59(31-19-25-37-88)100-73(113)57(17)98-85(125)69(93)52(11)12)81(121)94-53(13)70(110)99-58(30-18-24-36-87)75(115)103-62(34-22-28-40-91)79(119)107-66(44-49(5)6)82(122)96-55(15)72(112)102-61(33-21-27-39-90)78(118)106-65(43-48(3)4)84(124)97-56(16)74(114)109-68(86(126)127)46-51(9)10/h47-69H,18-46,87-93H2,1-17H3,(H,94,121)(H,95,123)(H,96,122)(H,97,124)(H,98,125)(H,99,110)(H,100,113)(H,101,111)(H,102,112)(H,103,115)(H,104,116)(H,105,117)(H,106,118)(H,107,119)(H,108,120)(H,109,114)(H,126,127)/t53-,54-,55-,56-,57-,58-,59-,60-,61-,62-,63-,64-,65-,66-,67-,68-,69-/m0/s1. The van der Waals surface area contributed by atoms with Gasteiger partial charge in [-0.05, 0) is 257 Å². The largest absolute Gasteiger partial charge is 0.480 e. The molecule has 0 spiro atoms. The molecule has 0 bridgehead atoms. The van der Waals surface area contributed by atoms with Crippen molar-refractivity contribution in [3.05, 3.63) is 0 Å². The molecule has 41 heteroatoms. The molecule has 31 N–H and O–H groups in total. The lowest BCUT2D eigenvalue weighted by Gasteiger charge is -2.28. The number of carboxylic acid groups (broad SMARTS) is 1. The molecule has 0 heterocycles. The highest BCUT2D eigenvalue weighted by atomic mass is 16.4. The quantitative estimate of drug-likeness (QED) is 0.0291. The monoisotopic (exact) mass is 1810 g/mol. The van der Waals surface area contributed by atoms with Crippen LogP contribution >= 0.6 is 0 Å². The average Bonchev–Trinajstić information content (AvgIpc) is 0.863. The van der Waals surface area contributed by atoms with Crippen molar-refractivity contribution in [1.29, 1.82) is 0 Å². The topological polar surface area (TPSA) is 685 Å². The van der Waals surface area contributed by atoms with Gasteiger partial charge in [-0.15, -0.1) is 0 Å². The van der Waals surface area contributed by atoms with Crippen molar-refractivity contribution in [2.45, 2.75) is 368 Å². The highest BCUT2D eigenvalue weighted by Gasteiger charge is 2.39. The smallest absolute Gasteiger partial charge is 0.326 e. The Bertz CT molecular complexity index is 3430. The van der Waals surface area contributed by atoms with E-state index in [4.69, 9.17) is 40.1 Å². The van der Waals surface area contributed by atoms with Crippen LogP contribution in [0.3, 0.4) is 0 Å². The van der Waals surface area contributed by atoms with Crippen molar-refractivity contribution in [3.63, 3.8) is 0 Å². The summed E-state index contributed by atoms with van der Waals surface area (Å²) in [4.78, 5) is 237. The van der Waals surface area contributed by atoms with Crippen LogP contribution in [0.25, 0.3) is 0 Å². The number of unbranched alkanes of at least 4 members (excludes halogenated alkanes) is 6. The minimum absolute atomic E-state index is 0.00505. The number of nitrogens with one attached hydrogen (secondary N) is 16. The van der Waals surface area contributed by atoms with Gasteiger partial charge >= 0.3 is 5.97 Å². The average molecular weight is 1810 g/mol. The van der Waals surface area contributed by atoms with Crippen molar-refractivity contribution < 1.29 is 86.6 Å². The van der Waals surface area contributed by atoms with Gasteiger partial charge in [-0.1, -0.05) is 83.1 Å². The number of nitrogens with two attached hydrogens (primary N) is 7. The fourth-order valence-corrected chi connectivity index (χ4v) is 13.4. The first-order valence-electron chi connectivity index (χ1n) is 45.7. The van der Waals surface area contributed by atoms with Crippen LogP contribution in [0.2, 0.25) is 0 Å². The SMILES string of the molecule is CC(C)C[C@H](NC(=O)[C@H](C)NC(=O)[C@H](CC(C)C)NC(=O)[C@H](CCCCN)NC(=O)[C@H](C)NC(=O)[C@H](CC(C)C)NC(=O)[C@H](CCCCN)NC(=O)[C@H](CCCCN)NC(=O)[C@H](C)NC(=O)[C@H](CC(C)C)NC(=O)[C@H](CCCCN)NC(=O)[C@H](C)NC(=O)[C@H](CC(C)C)NC(=O)[C@H](CCCCN)NC(=O)[C@H](CCCCN)NC(=O)[C@H](C)NC(=O)[C@@H](N)C(C)C)C(=O)O. The summed E-state index contributed by atoms with van der Waals surface area (Å²) in [6, 6.07) is -21.2. The normalized spacial score (nSPS) is 15.5. The van der Waals surface area contributed by atoms with E-state index in [1.54, 1.807) is 83.1 Å². The van der Waals surface area contributed by atoms with Crippen LogP contribution in [-0.2, 0) is 81.5 Å². The molecule has 41 nitrogen and oxygen atoms in total. The number of hydrogen-bond acceptors (Lipinski definition) is 24. The van der Waals surface area contributed by atoms with Crippen molar-refractivity contribution in [1.82, 2.24) is 85.1 Å². The van der Waals surface area contributed by atoms with Gasteiger partial charge in [-0.2, -0.15) is 0 Å². The van der Waals surface area contributed by atoms with E-state index in [2.05, 4.69) is 85.1 Å². The molecule has 0 aromatic carbocycles. The second-order valence-corrected chi connectivity index (χ2v) is 35.8.